The molecule has 11 nitrogen and oxygen atoms in total. The maximum absolute atomic E-state index is 14.9. The highest BCUT2D eigenvalue weighted by atomic mass is 35.5. The average molecular weight is 621 g/mol. The number of aliphatic imine (C=N–C) groups is 1. The number of carbonyl (C=O) groups is 1. The first-order valence-electron chi connectivity index (χ1n) is 12.7. The first-order chi connectivity index (χ1) is 20.1. The summed E-state index contributed by atoms with van der Waals surface area (Å²) in [4.78, 5) is 25.4. The van der Waals surface area contributed by atoms with Gasteiger partial charge in [0.15, 0.2) is 12.0 Å². The van der Waals surface area contributed by atoms with Gasteiger partial charge in [0.25, 0.3) is 5.91 Å². The molecular formula is C27H23ClF2N4O7S. The predicted molar refractivity (Wildman–Crippen MR) is 144 cm³/mol. The minimum atomic E-state index is -3.19. The smallest absolute Gasteiger partial charge is 0.285 e. The van der Waals surface area contributed by atoms with Crippen molar-refractivity contribution in [2.45, 2.75) is 42.3 Å². The lowest BCUT2D eigenvalue weighted by molar-refractivity contribution is 0.00558. The largest absolute Gasteiger partial charge is 0.472 e. The lowest BCUT2D eigenvalue weighted by atomic mass is 10.1. The van der Waals surface area contributed by atoms with Gasteiger partial charge in [-0.25, -0.2) is 23.0 Å². The molecule has 1 amide bonds. The Bertz CT molecular complexity index is 1690. The minimum Gasteiger partial charge on any atom is -0.472 e. The number of hydrogen-bond donors (Lipinski definition) is 1. The number of hydrogen-bond acceptors (Lipinski definition) is 10. The second-order valence-corrected chi connectivity index (χ2v) is 12.5. The zero-order chi connectivity index (χ0) is 29.6. The standard InChI is InChI=1S/C27H23ClF2N4O7S/c1-42(37,14-3-2-4-31-9-14)34-26(36)13-5-17(29)15(18(30)6-13)10-40-27-16(28)7-19-20(33-27)8-23(32-19)41-22-12-39-24-21(35)11-38-25(22)24/h2-7,9,21-22,24-25,35H,8,10-12H2,1H3/t21-,22-,24-,25-,42?/m1/s1. The Hall–Kier alpha value is -3.56. The number of aliphatic hydroxyl groups excluding tert-OH is 1. The first kappa shape index (κ1) is 28.6. The van der Waals surface area contributed by atoms with Crippen LogP contribution in [0, 0.1) is 11.6 Å². The molecule has 1 unspecified atom stereocenters. The van der Waals surface area contributed by atoms with Crippen LogP contribution in [0.2, 0.25) is 5.02 Å². The third kappa shape index (κ3) is 5.60. The number of nitrogens with zero attached hydrogens (tertiary/aromatic N) is 4. The summed E-state index contributed by atoms with van der Waals surface area (Å²) >= 11 is 6.30. The topological polar surface area (TPSA) is 142 Å². The molecular weight excluding hydrogens is 598 g/mol. The highest BCUT2D eigenvalue weighted by molar-refractivity contribution is 7.93. The number of rotatable bonds is 6. The van der Waals surface area contributed by atoms with Crippen LogP contribution in [0.3, 0.4) is 0 Å². The lowest BCUT2D eigenvalue weighted by Gasteiger charge is -2.17. The molecule has 0 radical (unpaired) electrons. The van der Waals surface area contributed by atoms with E-state index in [2.05, 4.69) is 19.3 Å². The van der Waals surface area contributed by atoms with Gasteiger partial charge >= 0.3 is 0 Å². The van der Waals surface area contributed by atoms with Crippen molar-refractivity contribution in [2.24, 2.45) is 9.36 Å². The van der Waals surface area contributed by atoms with Crippen molar-refractivity contribution in [3.05, 3.63) is 76.2 Å². The molecule has 220 valence electrons. The summed E-state index contributed by atoms with van der Waals surface area (Å²) in [5.41, 5.74) is 0.0479. The summed E-state index contributed by atoms with van der Waals surface area (Å²) in [6.07, 6.45) is 2.20. The molecule has 2 fully saturated rings. The van der Waals surface area contributed by atoms with Gasteiger partial charge in [-0.05, 0) is 30.3 Å². The van der Waals surface area contributed by atoms with Crippen LogP contribution in [0.1, 0.15) is 21.6 Å². The zero-order valence-electron chi connectivity index (χ0n) is 21.9. The second kappa shape index (κ2) is 11.3. The molecule has 0 aliphatic carbocycles. The van der Waals surface area contributed by atoms with Crippen molar-refractivity contribution in [3.8, 4) is 5.88 Å². The van der Waals surface area contributed by atoms with Crippen LogP contribution in [0.15, 0.2) is 57.0 Å². The number of benzene rings is 1. The van der Waals surface area contributed by atoms with Gasteiger partial charge in [-0.3, -0.25) is 9.78 Å². The van der Waals surface area contributed by atoms with Gasteiger partial charge < -0.3 is 24.1 Å². The number of amides is 1. The molecule has 0 bridgehead atoms. The number of pyridine rings is 2. The number of aromatic nitrogens is 2. The Morgan fingerprint density at radius 1 is 1.21 bits per heavy atom. The molecule has 3 aliphatic rings. The normalized spacial score (nSPS) is 24.0. The van der Waals surface area contributed by atoms with Crippen LogP contribution in [-0.4, -0.2) is 75.0 Å². The Labute approximate surface area is 243 Å². The van der Waals surface area contributed by atoms with Gasteiger partial charge in [0.2, 0.25) is 5.88 Å². The molecule has 3 aromatic rings. The van der Waals surface area contributed by atoms with E-state index in [1.54, 1.807) is 0 Å². The molecule has 0 spiro atoms. The summed E-state index contributed by atoms with van der Waals surface area (Å²) in [7, 11) is -3.19. The lowest BCUT2D eigenvalue weighted by Crippen LogP contribution is -2.34. The van der Waals surface area contributed by atoms with Crippen LogP contribution in [-0.2, 0) is 37.0 Å². The number of carbonyl (C=O) groups excluding carboxylic acids is 1. The Balaban J connectivity index is 1.12. The van der Waals surface area contributed by atoms with Crippen LogP contribution in [0.5, 0.6) is 5.88 Å². The number of fused-ring (bicyclic) bond motifs is 2. The van der Waals surface area contributed by atoms with Gasteiger partial charge in [0.05, 0.1) is 51.2 Å². The summed E-state index contributed by atoms with van der Waals surface area (Å²) in [5, 5.41) is 9.97. The molecule has 5 atom stereocenters. The van der Waals surface area contributed by atoms with E-state index in [4.69, 9.17) is 30.5 Å². The maximum atomic E-state index is 14.9. The van der Waals surface area contributed by atoms with E-state index in [-0.39, 0.29) is 35.4 Å². The SMILES string of the molecule is CS(=O)(=NC(=O)c1cc(F)c(COc2nc3c(cc2Cl)N=C(O[C@@H]2CO[C@H]4[C@@H]2OC[C@H]4O)C3)c(F)c1)c1cccnc1. The van der Waals surface area contributed by atoms with E-state index in [0.29, 0.717) is 17.3 Å². The van der Waals surface area contributed by atoms with Gasteiger partial charge in [-0.2, -0.15) is 4.36 Å². The van der Waals surface area contributed by atoms with Crippen molar-refractivity contribution in [1.29, 1.82) is 0 Å². The molecule has 5 heterocycles. The van der Waals surface area contributed by atoms with Crippen LogP contribution in [0.4, 0.5) is 14.5 Å². The fourth-order valence-electron chi connectivity index (χ4n) is 4.77. The summed E-state index contributed by atoms with van der Waals surface area (Å²) in [6.45, 7) is -0.175. The quantitative estimate of drug-likeness (QED) is 0.439. The zero-order valence-corrected chi connectivity index (χ0v) is 23.5. The third-order valence-electron chi connectivity index (χ3n) is 6.90. The van der Waals surface area contributed by atoms with Crippen LogP contribution in [0.25, 0.3) is 0 Å². The summed E-state index contributed by atoms with van der Waals surface area (Å²) < 4.78 is 68.9. The molecule has 1 N–H and O–H groups in total. The minimum absolute atomic E-state index is 0.0600. The van der Waals surface area contributed by atoms with Gasteiger partial charge in [-0.15, -0.1) is 0 Å². The number of halogens is 3. The number of aliphatic hydroxyl groups is 1. The monoisotopic (exact) mass is 620 g/mol. The van der Waals surface area contributed by atoms with E-state index in [9.17, 15) is 22.9 Å². The molecule has 2 aromatic heterocycles. The van der Waals surface area contributed by atoms with Crippen molar-refractivity contribution >= 4 is 38.8 Å². The van der Waals surface area contributed by atoms with Crippen molar-refractivity contribution in [1.82, 2.24) is 9.97 Å². The van der Waals surface area contributed by atoms with E-state index in [1.807, 2.05) is 0 Å². The third-order valence-corrected chi connectivity index (χ3v) is 8.80. The number of ether oxygens (including phenoxy) is 4. The fraction of sp³-hybridized carbons (Fsp3) is 0.333. The van der Waals surface area contributed by atoms with Gasteiger partial charge in [-0.1, -0.05) is 11.6 Å². The van der Waals surface area contributed by atoms with Crippen molar-refractivity contribution in [2.75, 3.05) is 19.5 Å². The van der Waals surface area contributed by atoms with Crippen LogP contribution < -0.4 is 4.74 Å². The first-order valence-corrected chi connectivity index (χ1v) is 15.0. The molecule has 6 rings (SSSR count). The van der Waals surface area contributed by atoms with E-state index in [0.717, 1.165) is 12.1 Å². The molecule has 0 saturated carbocycles. The second-order valence-electron chi connectivity index (χ2n) is 9.84. The average Bonchev–Trinajstić information content (AvgIpc) is 3.64. The Morgan fingerprint density at radius 3 is 2.71 bits per heavy atom. The summed E-state index contributed by atoms with van der Waals surface area (Å²) in [5.74, 6) is -2.90. The highest BCUT2D eigenvalue weighted by Gasteiger charge is 2.49. The highest BCUT2D eigenvalue weighted by Crippen LogP contribution is 2.36. The van der Waals surface area contributed by atoms with Crippen LogP contribution >= 0.6 is 11.6 Å². The predicted octanol–water partition coefficient (Wildman–Crippen LogP) is 3.41. The van der Waals surface area contributed by atoms with E-state index < -0.39 is 69.4 Å². The fourth-order valence-corrected chi connectivity index (χ4v) is 6.09. The molecule has 15 heteroatoms. The molecule has 1 aromatic carbocycles. The van der Waals surface area contributed by atoms with E-state index >= 15 is 0 Å². The van der Waals surface area contributed by atoms with E-state index in [1.165, 1.54) is 36.8 Å². The maximum Gasteiger partial charge on any atom is 0.285 e. The Kier molecular flexibility index (Phi) is 7.66. The molecule has 2 saturated heterocycles. The Morgan fingerprint density at radius 2 is 1.98 bits per heavy atom. The van der Waals surface area contributed by atoms with Crippen molar-refractivity contribution in [3.63, 3.8) is 0 Å². The van der Waals surface area contributed by atoms with Crippen molar-refractivity contribution < 1.29 is 41.8 Å². The summed E-state index contributed by atoms with van der Waals surface area (Å²) in [6, 6.07) is 6.12. The van der Waals surface area contributed by atoms with Gasteiger partial charge in [0, 0.05) is 24.2 Å². The molecule has 42 heavy (non-hydrogen) atoms. The van der Waals surface area contributed by atoms with Gasteiger partial charge in [0.1, 0.15) is 41.6 Å². The molecule has 3 aliphatic heterocycles.